The second-order valence-electron chi connectivity index (χ2n) is 2.63. The van der Waals surface area contributed by atoms with Crippen molar-refractivity contribution in [2.24, 2.45) is 0 Å². The Morgan fingerprint density at radius 2 is 2.00 bits per heavy atom. The summed E-state index contributed by atoms with van der Waals surface area (Å²) in [6.45, 7) is 3.90. The smallest absolute Gasteiger partial charge is 0.201 e. The highest BCUT2D eigenvalue weighted by atomic mass is 33.1. The first kappa shape index (κ1) is 11.3. The molecule has 3 nitrogen and oxygen atoms in total. The van der Waals surface area contributed by atoms with Crippen LogP contribution in [0.1, 0.15) is 26.7 Å². The molecule has 0 radical (unpaired) electrons. The Balaban J connectivity index is 4.14. The maximum atomic E-state index is 10.8. The standard InChI is InChI=1S/C6H15NO2S2/c1-4-5-6(2)7(3)11(8,9)10/h6H,4-5H2,1-3H3,(H,8,9,10)/t6-/m0/s1. The second-order valence-corrected chi connectivity index (χ2v) is 5.49. The Kier molecular flexibility index (Phi) is 4.43. The van der Waals surface area contributed by atoms with Crippen LogP contribution in [0.3, 0.4) is 0 Å². The highest BCUT2D eigenvalue weighted by molar-refractivity contribution is 8.62. The van der Waals surface area contributed by atoms with Crippen LogP contribution in [-0.4, -0.2) is 25.8 Å². The minimum atomic E-state index is -3.30. The minimum Gasteiger partial charge on any atom is -0.201 e. The molecule has 0 N–H and O–H groups in total. The van der Waals surface area contributed by atoms with E-state index in [4.69, 9.17) is 0 Å². The van der Waals surface area contributed by atoms with E-state index >= 15 is 0 Å². The van der Waals surface area contributed by atoms with Crippen LogP contribution in [0.15, 0.2) is 0 Å². The van der Waals surface area contributed by atoms with Crippen LogP contribution in [0.4, 0.5) is 0 Å². The molecule has 0 bridgehead atoms. The van der Waals surface area contributed by atoms with Gasteiger partial charge in [0.1, 0.15) is 0 Å². The van der Waals surface area contributed by atoms with Crippen LogP contribution in [0.25, 0.3) is 0 Å². The van der Waals surface area contributed by atoms with Crippen LogP contribution in [0, 0.1) is 0 Å². The van der Waals surface area contributed by atoms with E-state index < -0.39 is 9.06 Å². The minimum absolute atomic E-state index is 0.0440. The van der Waals surface area contributed by atoms with Crippen molar-refractivity contribution in [3.05, 3.63) is 0 Å². The first-order valence-corrected chi connectivity index (χ1v) is 6.09. The molecule has 0 saturated carbocycles. The Labute approximate surface area is 73.6 Å². The molecular weight excluding hydrogens is 182 g/mol. The SMILES string of the molecule is CCC[C@H](C)N(C)S(=O)(=O)S. The Bertz CT molecular complexity index is 201. The van der Waals surface area contributed by atoms with Gasteiger partial charge in [-0.2, -0.15) is 4.31 Å². The van der Waals surface area contributed by atoms with Gasteiger partial charge in [-0.1, -0.05) is 13.3 Å². The van der Waals surface area contributed by atoms with Crippen LogP contribution in [0.5, 0.6) is 0 Å². The van der Waals surface area contributed by atoms with Crippen molar-refractivity contribution in [2.45, 2.75) is 32.7 Å². The Morgan fingerprint density at radius 3 is 2.27 bits per heavy atom. The molecule has 0 fully saturated rings. The van der Waals surface area contributed by atoms with E-state index in [0.717, 1.165) is 12.8 Å². The third-order valence-corrected chi connectivity index (χ3v) is 3.55. The number of hydrogen-bond donors (Lipinski definition) is 1. The van der Waals surface area contributed by atoms with Crippen LogP contribution in [-0.2, 0) is 9.06 Å². The summed E-state index contributed by atoms with van der Waals surface area (Å²) in [4.78, 5) is 0. The molecule has 0 aliphatic heterocycles. The summed E-state index contributed by atoms with van der Waals surface area (Å²) >= 11 is 3.48. The molecule has 11 heavy (non-hydrogen) atoms. The van der Waals surface area contributed by atoms with Gasteiger partial charge in [0.25, 0.3) is 9.06 Å². The summed E-state index contributed by atoms with van der Waals surface area (Å²) in [7, 11) is -1.75. The Hall–Kier alpha value is 0.260. The molecule has 5 heteroatoms. The third kappa shape index (κ3) is 3.98. The lowest BCUT2D eigenvalue weighted by Crippen LogP contribution is -2.31. The van der Waals surface area contributed by atoms with Gasteiger partial charge in [0.05, 0.1) is 0 Å². The van der Waals surface area contributed by atoms with E-state index in [2.05, 4.69) is 11.7 Å². The maximum absolute atomic E-state index is 10.8. The highest BCUT2D eigenvalue weighted by Crippen LogP contribution is 2.11. The van der Waals surface area contributed by atoms with Gasteiger partial charge in [0.15, 0.2) is 0 Å². The summed E-state index contributed by atoms with van der Waals surface area (Å²) in [5.41, 5.74) is 0. The van der Waals surface area contributed by atoms with Crippen molar-refractivity contribution in [1.29, 1.82) is 0 Å². The van der Waals surface area contributed by atoms with Gasteiger partial charge < -0.3 is 0 Å². The van der Waals surface area contributed by atoms with E-state index in [1.54, 1.807) is 7.05 Å². The molecular formula is C6H15NO2S2. The van der Waals surface area contributed by atoms with Crippen molar-refractivity contribution < 1.29 is 8.42 Å². The molecule has 0 amide bonds. The summed E-state index contributed by atoms with van der Waals surface area (Å²) in [5, 5.41) is 0. The number of rotatable bonds is 4. The predicted molar refractivity (Wildman–Crippen MR) is 50.0 cm³/mol. The molecule has 0 aliphatic carbocycles. The molecule has 0 aromatic heterocycles. The molecule has 0 unspecified atom stereocenters. The zero-order valence-electron chi connectivity index (χ0n) is 7.11. The fourth-order valence-corrected chi connectivity index (χ4v) is 1.87. The summed E-state index contributed by atoms with van der Waals surface area (Å²) < 4.78 is 23.0. The van der Waals surface area contributed by atoms with E-state index in [0.29, 0.717) is 0 Å². The molecule has 0 aromatic rings. The quantitative estimate of drug-likeness (QED) is 0.544. The lowest BCUT2D eigenvalue weighted by molar-refractivity contribution is 0.377. The molecule has 0 rings (SSSR count). The van der Waals surface area contributed by atoms with Gasteiger partial charge in [-0.15, -0.1) is 0 Å². The summed E-state index contributed by atoms with van der Waals surface area (Å²) in [5.74, 6) is 0. The van der Waals surface area contributed by atoms with Gasteiger partial charge in [-0.3, -0.25) is 0 Å². The van der Waals surface area contributed by atoms with Crippen LogP contribution < -0.4 is 0 Å². The molecule has 0 aliphatic rings. The predicted octanol–water partition coefficient (Wildman–Crippen LogP) is 1.28. The average Bonchev–Trinajstić information content (AvgIpc) is 1.85. The van der Waals surface area contributed by atoms with E-state index in [-0.39, 0.29) is 6.04 Å². The summed E-state index contributed by atoms with van der Waals surface area (Å²) in [6, 6.07) is 0.0440. The fraction of sp³-hybridized carbons (Fsp3) is 1.00. The topological polar surface area (TPSA) is 37.4 Å². The molecule has 0 aromatic carbocycles. The lowest BCUT2D eigenvalue weighted by Gasteiger charge is -2.20. The molecule has 0 heterocycles. The zero-order valence-corrected chi connectivity index (χ0v) is 8.82. The van der Waals surface area contributed by atoms with E-state index in [1.165, 1.54) is 4.31 Å². The lowest BCUT2D eigenvalue weighted by atomic mass is 10.2. The number of nitrogens with zero attached hydrogens (tertiary/aromatic N) is 1. The fourth-order valence-electron chi connectivity index (χ4n) is 0.827. The Morgan fingerprint density at radius 1 is 1.55 bits per heavy atom. The largest absolute Gasteiger partial charge is 0.264 e. The highest BCUT2D eigenvalue weighted by Gasteiger charge is 2.17. The van der Waals surface area contributed by atoms with E-state index in [1.807, 2.05) is 13.8 Å². The van der Waals surface area contributed by atoms with Crippen LogP contribution in [0.2, 0.25) is 0 Å². The van der Waals surface area contributed by atoms with Gasteiger partial charge in [0.2, 0.25) is 0 Å². The van der Waals surface area contributed by atoms with Gasteiger partial charge in [-0.25, -0.2) is 8.42 Å². The van der Waals surface area contributed by atoms with E-state index in [9.17, 15) is 8.42 Å². The van der Waals surface area contributed by atoms with Gasteiger partial charge >= 0.3 is 0 Å². The van der Waals surface area contributed by atoms with Crippen LogP contribution >= 0.6 is 11.7 Å². The van der Waals surface area contributed by atoms with Crippen molar-refractivity contribution in [3.8, 4) is 0 Å². The molecule has 0 saturated heterocycles. The van der Waals surface area contributed by atoms with Crippen molar-refractivity contribution in [3.63, 3.8) is 0 Å². The first-order valence-electron chi connectivity index (χ1n) is 3.60. The number of hydrogen-bond acceptors (Lipinski definition) is 2. The van der Waals surface area contributed by atoms with Gasteiger partial charge in [-0.05, 0) is 25.0 Å². The number of thiol groups is 1. The van der Waals surface area contributed by atoms with Crippen molar-refractivity contribution in [2.75, 3.05) is 7.05 Å². The van der Waals surface area contributed by atoms with Crippen molar-refractivity contribution in [1.82, 2.24) is 4.31 Å². The second kappa shape index (κ2) is 4.33. The molecule has 0 spiro atoms. The maximum Gasteiger partial charge on any atom is 0.264 e. The third-order valence-electron chi connectivity index (χ3n) is 1.69. The average molecular weight is 197 g/mol. The molecule has 68 valence electrons. The summed E-state index contributed by atoms with van der Waals surface area (Å²) in [6.07, 6.45) is 1.85. The van der Waals surface area contributed by atoms with Gasteiger partial charge in [0, 0.05) is 13.1 Å². The zero-order chi connectivity index (χ0) is 9.07. The first-order chi connectivity index (χ1) is 4.89. The molecule has 1 atom stereocenters. The monoisotopic (exact) mass is 197 g/mol. The normalized spacial score (nSPS) is 15.4. The van der Waals surface area contributed by atoms with Crippen molar-refractivity contribution >= 4 is 20.7 Å².